The lowest BCUT2D eigenvalue weighted by atomic mass is 9.97. The van der Waals surface area contributed by atoms with Crippen molar-refractivity contribution in [3.05, 3.63) is 23.3 Å². The van der Waals surface area contributed by atoms with Gasteiger partial charge in [-0.3, -0.25) is 9.69 Å². The number of carbonyl (C=O) groups is 1. The first-order valence-electron chi connectivity index (χ1n) is 6.54. The highest BCUT2D eigenvalue weighted by atomic mass is 32.1. The molecule has 0 saturated carbocycles. The van der Waals surface area contributed by atoms with Gasteiger partial charge in [-0.15, -0.1) is 11.3 Å². The zero-order chi connectivity index (χ0) is 13.9. The molecule has 2 aromatic rings. The number of hydrogen-bond acceptors (Lipinski definition) is 6. The Morgan fingerprint density at radius 2 is 2.30 bits per heavy atom. The molecule has 0 radical (unpaired) electrons. The lowest BCUT2D eigenvalue weighted by Gasteiger charge is -2.28. The second-order valence-electron chi connectivity index (χ2n) is 4.88. The number of likely N-dealkylation sites (tertiary alicyclic amines) is 1. The van der Waals surface area contributed by atoms with E-state index in [1.807, 2.05) is 17.5 Å². The van der Waals surface area contributed by atoms with Crippen LogP contribution in [0.1, 0.15) is 18.7 Å². The Balaban J connectivity index is 1.58. The Morgan fingerprint density at radius 3 is 2.95 bits per heavy atom. The minimum Gasteiger partial charge on any atom is -0.481 e. The number of rotatable bonds is 4. The van der Waals surface area contributed by atoms with Crippen molar-refractivity contribution in [2.24, 2.45) is 5.92 Å². The van der Waals surface area contributed by atoms with Gasteiger partial charge in [0.2, 0.25) is 0 Å². The number of aromatic nitrogens is 2. The molecule has 2 aromatic heterocycles. The summed E-state index contributed by atoms with van der Waals surface area (Å²) in [5.41, 5.74) is 0. The van der Waals surface area contributed by atoms with Crippen molar-refractivity contribution in [2.75, 3.05) is 13.1 Å². The average molecular weight is 293 g/mol. The molecule has 1 aliphatic rings. The molecule has 0 amide bonds. The zero-order valence-corrected chi connectivity index (χ0v) is 11.7. The molecule has 1 fully saturated rings. The van der Waals surface area contributed by atoms with Crippen molar-refractivity contribution in [3.8, 4) is 10.8 Å². The molecule has 106 valence electrons. The van der Waals surface area contributed by atoms with Crippen LogP contribution in [-0.2, 0) is 11.3 Å². The van der Waals surface area contributed by atoms with Gasteiger partial charge in [0, 0.05) is 0 Å². The van der Waals surface area contributed by atoms with Crippen LogP contribution in [0.15, 0.2) is 22.0 Å². The van der Waals surface area contributed by atoms with E-state index >= 15 is 0 Å². The van der Waals surface area contributed by atoms with Crippen LogP contribution in [0, 0.1) is 5.92 Å². The Kier molecular flexibility index (Phi) is 3.79. The summed E-state index contributed by atoms with van der Waals surface area (Å²) in [5.74, 6) is 0.306. The van der Waals surface area contributed by atoms with Crippen molar-refractivity contribution < 1.29 is 14.4 Å². The van der Waals surface area contributed by atoms with Crippen LogP contribution in [0.25, 0.3) is 10.8 Å². The largest absolute Gasteiger partial charge is 0.481 e. The fraction of sp³-hybridized carbons (Fsp3) is 0.462. The number of hydrogen-bond donors (Lipinski definition) is 1. The first kappa shape index (κ1) is 13.3. The first-order valence-corrected chi connectivity index (χ1v) is 7.42. The fourth-order valence-electron chi connectivity index (χ4n) is 2.36. The molecule has 1 aliphatic heterocycles. The molecule has 0 atom stereocenters. The van der Waals surface area contributed by atoms with E-state index in [9.17, 15) is 4.79 Å². The van der Waals surface area contributed by atoms with Crippen LogP contribution < -0.4 is 0 Å². The summed E-state index contributed by atoms with van der Waals surface area (Å²) in [6.45, 7) is 2.14. The molecule has 1 saturated heterocycles. The van der Waals surface area contributed by atoms with E-state index in [0.717, 1.165) is 18.0 Å². The Morgan fingerprint density at radius 1 is 1.50 bits per heavy atom. The Bertz CT molecular complexity index is 573. The predicted octanol–water partition coefficient (Wildman–Crippen LogP) is 2.09. The fourth-order valence-corrected chi connectivity index (χ4v) is 3.00. The van der Waals surface area contributed by atoms with E-state index in [0.29, 0.717) is 31.1 Å². The van der Waals surface area contributed by atoms with Crippen molar-refractivity contribution in [3.63, 3.8) is 0 Å². The van der Waals surface area contributed by atoms with Crippen LogP contribution in [-0.4, -0.2) is 39.2 Å². The van der Waals surface area contributed by atoms with Gasteiger partial charge in [0.05, 0.1) is 17.3 Å². The SMILES string of the molecule is O=C(O)C1CCN(Cc2noc(-c3cccs3)n2)CC1. The molecule has 0 unspecified atom stereocenters. The van der Waals surface area contributed by atoms with E-state index in [1.54, 1.807) is 11.3 Å². The average Bonchev–Trinajstić information content (AvgIpc) is 3.09. The molecular formula is C13H15N3O3S. The van der Waals surface area contributed by atoms with E-state index < -0.39 is 5.97 Å². The monoisotopic (exact) mass is 293 g/mol. The summed E-state index contributed by atoms with van der Waals surface area (Å²) in [6.07, 6.45) is 1.37. The normalized spacial score (nSPS) is 17.4. The predicted molar refractivity (Wildman–Crippen MR) is 73.2 cm³/mol. The lowest BCUT2D eigenvalue weighted by Crippen LogP contribution is -2.36. The summed E-state index contributed by atoms with van der Waals surface area (Å²) in [5, 5.41) is 14.9. The molecular weight excluding hydrogens is 278 g/mol. The topological polar surface area (TPSA) is 79.5 Å². The van der Waals surface area contributed by atoms with E-state index in [1.165, 1.54) is 0 Å². The summed E-state index contributed by atoms with van der Waals surface area (Å²) >= 11 is 1.56. The minimum absolute atomic E-state index is 0.210. The molecule has 0 aromatic carbocycles. The number of carboxylic acid groups (broad SMARTS) is 1. The van der Waals surface area contributed by atoms with Gasteiger partial charge < -0.3 is 9.63 Å². The van der Waals surface area contributed by atoms with Crippen molar-refractivity contribution in [1.82, 2.24) is 15.0 Å². The number of aliphatic carboxylic acids is 1. The van der Waals surface area contributed by atoms with E-state index in [4.69, 9.17) is 9.63 Å². The number of piperidine rings is 1. The highest BCUT2D eigenvalue weighted by Crippen LogP contribution is 2.23. The molecule has 7 heteroatoms. The van der Waals surface area contributed by atoms with Gasteiger partial charge in [0.1, 0.15) is 0 Å². The maximum atomic E-state index is 10.9. The summed E-state index contributed by atoms with van der Waals surface area (Å²) in [6, 6.07) is 3.89. The summed E-state index contributed by atoms with van der Waals surface area (Å²) in [7, 11) is 0. The zero-order valence-electron chi connectivity index (χ0n) is 10.9. The highest BCUT2D eigenvalue weighted by Gasteiger charge is 2.25. The molecule has 1 N–H and O–H groups in total. The number of carboxylic acids is 1. The lowest BCUT2D eigenvalue weighted by molar-refractivity contribution is -0.143. The van der Waals surface area contributed by atoms with Gasteiger partial charge in [0.15, 0.2) is 5.82 Å². The Hall–Kier alpha value is -1.73. The highest BCUT2D eigenvalue weighted by molar-refractivity contribution is 7.13. The van der Waals surface area contributed by atoms with Gasteiger partial charge in [-0.05, 0) is 37.4 Å². The molecule has 0 spiro atoms. The maximum absolute atomic E-state index is 10.9. The van der Waals surface area contributed by atoms with Gasteiger partial charge >= 0.3 is 5.97 Å². The third-order valence-corrected chi connectivity index (χ3v) is 4.36. The smallest absolute Gasteiger partial charge is 0.306 e. The third kappa shape index (κ3) is 2.88. The van der Waals surface area contributed by atoms with Crippen molar-refractivity contribution in [1.29, 1.82) is 0 Å². The quantitative estimate of drug-likeness (QED) is 0.930. The van der Waals surface area contributed by atoms with Crippen molar-refractivity contribution in [2.45, 2.75) is 19.4 Å². The van der Waals surface area contributed by atoms with Gasteiger partial charge in [0.25, 0.3) is 5.89 Å². The van der Waals surface area contributed by atoms with E-state index in [2.05, 4.69) is 15.0 Å². The molecule has 3 heterocycles. The van der Waals surface area contributed by atoms with Crippen LogP contribution in [0.4, 0.5) is 0 Å². The first-order chi connectivity index (χ1) is 9.72. The number of nitrogens with zero attached hydrogens (tertiary/aromatic N) is 3. The molecule has 3 rings (SSSR count). The van der Waals surface area contributed by atoms with Crippen molar-refractivity contribution >= 4 is 17.3 Å². The Labute approximate surface area is 120 Å². The molecule has 0 bridgehead atoms. The van der Waals surface area contributed by atoms with Crippen LogP contribution >= 0.6 is 11.3 Å². The van der Waals surface area contributed by atoms with Crippen LogP contribution in [0.2, 0.25) is 0 Å². The van der Waals surface area contributed by atoms with Gasteiger partial charge in [-0.2, -0.15) is 4.98 Å². The van der Waals surface area contributed by atoms with Gasteiger partial charge in [-0.25, -0.2) is 0 Å². The number of thiophene rings is 1. The van der Waals surface area contributed by atoms with E-state index in [-0.39, 0.29) is 5.92 Å². The standard InChI is InChI=1S/C13H15N3O3S/c17-13(18)9-3-5-16(6-4-9)8-11-14-12(19-15-11)10-2-1-7-20-10/h1-2,7,9H,3-6,8H2,(H,17,18). The summed E-state index contributed by atoms with van der Waals surface area (Å²) in [4.78, 5) is 18.4. The van der Waals surface area contributed by atoms with Crippen LogP contribution in [0.3, 0.4) is 0 Å². The maximum Gasteiger partial charge on any atom is 0.306 e. The van der Waals surface area contributed by atoms with Crippen LogP contribution in [0.5, 0.6) is 0 Å². The summed E-state index contributed by atoms with van der Waals surface area (Å²) < 4.78 is 5.24. The minimum atomic E-state index is -0.691. The second-order valence-corrected chi connectivity index (χ2v) is 5.83. The molecule has 0 aliphatic carbocycles. The third-order valence-electron chi connectivity index (χ3n) is 3.50. The molecule has 6 nitrogen and oxygen atoms in total. The molecule has 20 heavy (non-hydrogen) atoms. The van der Waals surface area contributed by atoms with Gasteiger partial charge in [-0.1, -0.05) is 11.2 Å². The second kappa shape index (κ2) is 5.72.